The standard InChI is InChI=1S/C25H25F3N6S.C13H15F3N4S.2C12H11BrN2.C12H12N2.C10H8N2.CCl4.Na.H/c1-2-34-19(13-29)10-17-9-16(3-4-22(17)34)14-33-7-5-18(6-8-33)32-23-21-11-20(12-25(26,27)28)35-24(21)31-15-30-23;14-13(15,16)6-9-5-10-11(18-7-19-12(10)21-9)20-8-1-3-17-4-2-8;2*1-2-15-11(8-14)6-10-5-9(7-13)3-4-12(10)15;1-3-14-11(8-13)7-10-6-9(2)4-5-12(10)14;1-7-2-3-10-8(4-7)5-9(6-11)12-10;2-1(3,4)5;;/h3-4,9-11,15,18H,2,5-8,12,14H2,1H3,(H,30,31,32);5,7-8,17H,1-4,6H2,(H,18,19,20);2*3-6H,2,7H2,1H3;4-7H,3H2,1-2H3;2-5,12H,1H3;;;/q;;;;;;;+1;-1. The molecule has 0 bridgehead atoms. The number of nitrogens with zero attached hydrogens (tertiary/aromatic N) is 14. The summed E-state index contributed by atoms with van der Waals surface area (Å²) in [5.41, 5.74) is 15.2. The van der Waals surface area contributed by atoms with Crippen LogP contribution in [0.1, 0.15) is 121 Å². The Morgan fingerprint density at radius 2 is 0.847 bits per heavy atom. The molecule has 5 aromatic carbocycles. The van der Waals surface area contributed by atoms with E-state index in [0.717, 1.165) is 190 Å². The van der Waals surface area contributed by atoms with E-state index in [1.54, 1.807) is 12.1 Å². The Labute approximate surface area is 748 Å². The number of H-pyrrole nitrogens is 1. The number of anilines is 2. The maximum absolute atomic E-state index is 12.8. The summed E-state index contributed by atoms with van der Waals surface area (Å²) in [6.07, 6.45) is -3.70. The molecular weight excluding hydrogens is 1780 g/mol. The topological polar surface area (TPSA) is 245 Å². The minimum Gasteiger partial charge on any atom is -1.00 e. The van der Waals surface area contributed by atoms with E-state index >= 15 is 0 Å². The van der Waals surface area contributed by atoms with Gasteiger partial charge in [0.05, 0.1) is 23.6 Å². The third-order valence-electron chi connectivity index (χ3n) is 19.4. The SMILES string of the molecule is CCn1c(C#N)cc2cc(C)ccc21.CCn1c(C#N)cc2cc(CBr)ccc21.CCn1c(C#N)cc2cc(CBr)ccc21.CCn1c(C#N)cc2cc(CN3CCC(Nc4ncnc5sc(CC(F)(F)F)cc45)CC3)ccc21.Cc1ccc2[nH]c(C#N)cc2c1.ClC(Cl)(Cl)Cl.FC(F)(F)Cc1cc2c(NC3CCNCC3)ncnc2s1.[H-].[Na+]. The third-order valence-corrected chi connectivity index (χ3v) is 22.8. The zero-order valence-electron chi connectivity index (χ0n) is 66.6. The summed E-state index contributed by atoms with van der Waals surface area (Å²) in [5.74, 6) is 1.24. The quantitative estimate of drug-likeness (QED) is 0.0450. The number of halogens is 12. The van der Waals surface area contributed by atoms with Crippen LogP contribution in [0.2, 0.25) is 0 Å². The minimum absolute atomic E-state index is 0. The predicted octanol–water partition coefficient (Wildman–Crippen LogP) is 20.4. The van der Waals surface area contributed by atoms with Crippen LogP contribution in [0.3, 0.4) is 0 Å². The molecule has 2 aliphatic heterocycles. The summed E-state index contributed by atoms with van der Waals surface area (Å²) >= 11 is 28.3. The largest absolute Gasteiger partial charge is 1.00 e. The van der Waals surface area contributed by atoms with Crippen molar-refractivity contribution in [3.63, 3.8) is 0 Å². The third kappa shape index (κ3) is 25.6. The smallest absolute Gasteiger partial charge is 1.00 e. The minimum atomic E-state index is -4.24. The molecule has 0 atom stereocenters. The molecule has 2 aliphatic rings. The van der Waals surface area contributed by atoms with E-state index < -0.39 is 28.4 Å². The van der Waals surface area contributed by atoms with Crippen molar-refractivity contribution in [1.29, 1.82) is 26.3 Å². The van der Waals surface area contributed by atoms with Crippen molar-refractivity contribution in [3.8, 4) is 30.3 Å². The van der Waals surface area contributed by atoms with E-state index in [9.17, 15) is 31.6 Å². The molecule has 4 N–H and O–H groups in total. The average molecular weight is 1860 g/mol. The first-order valence-electron chi connectivity index (χ1n) is 37.5. The Morgan fingerprint density at radius 3 is 1.23 bits per heavy atom. The molecular formula is C85H83Br2Cl4F6N18NaS2. The van der Waals surface area contributed by atoms with Gasteiger partial charge in [0.15, 0.2) is 0 Å². The van der Waals surface area contributed by atoms with Crippen molar-refractivity contribution < 1.29 is 57.3 Å². The number of likely N-dealkylation sites (tertiary alicyclic amines) is 1. The Morgan fingerprint density at radius 1 is 0.483 bits per heavy atom. The number of nitriles is 5. The van der Waals surface area contributed by atoms with Crippen molar-refractivity contribution >= 4 is 188 Å². The number of benzene rings is 5. The number of aryl methyl sites for hydroxylation is 6. The van der Waals surface area contributed by atoms with Crippen LogP contribution in [0, 0.1) is 70.5 Å². The zero-order valence-corrected chi connectivity index (χ0v) is 75.5. The fraction of sp³-hybridized carbons (Fsp3) is 0.329. The molecule has 18 nitrogen and oxygen atoms in total. The second-order valence-corrected chi connectivity index (χ2v) is 34.4. The van der Waals surface area contributed by atoms with Gasteiger partial charge in [-0.25, -0.2) is 19.9 Å². The van der Waals surface area contributed by atoms with Gasteiger partial charge < -0.3 is 40.6 Å². The van der Waals surface area contributed by atoms with Gasteiger partial charge in [0.2, 0.25) is 0 Å². The van der Waals surface area contributed by atoms with E-state index in [2.05, 4.69) is 215 Å². The molecule has 33 heteroatoms. The summed E-state index contributed by atoms with van der Waals surface area (Å²) < 4.78 is 82.4. The molecule has 2 saturated heterocycles. The number of aromatic nitrogens is 9. The second kappa shape index (κ2) is 43.2. The van der Waals surface area contributed by atoms with E-state index in [1.807, 2.05) is 74.6 Å². The number of alkyl halides is 12. The first-order chi connectivity index (χ1) is 56.0. The van der Waals surface area contributed by atoms with Crippen molar-refractivity contribution in [1.82, 2.24) is 53.4 Å². The monoisotopic (exact) mass is 1850 g/mol. The molecule has 2 fully saturated rings. The Kier molecular flexibility index (Phi) is 34.2. The van der Waals surface area contributed by atoms with Gasteiger partial charge in [-0.05, 0) is 200 Å². The molecule has 0 radical (unpaired) electrons. The maximum Gasteiger partial charge on any atom is 1.00 e. The molecule has 0 spiro atoms. The fourth-order valence-electron chi connectivity index (χ4n) is 14.1. The Hall–Kier alpha value is -8.45. The first-order valence-corrected chi connectivity index (χ1v) is 42.9. The molecule has 0 saturated carbocycles. The number of fused-ring (bicyclic) bond motifs is 7. The molecule has 11 heterocycles. The van der Waals surface area contributed by atoms with Gasteiger partial charge in [0, 0.05) is 133 Å². The van der Waals surface area contributed by atoms with Crippen LogP contribution in [-0.4, -0.2) is 102 Å². The van der Waals surface area contributed by atoms with Crippen molar-refractivity contribution in [2.75, 3.05) is 36.8 Å². The molecule has 14 aromatic rings. The molecule has 0 amide bonds. The number of hydrogen-bond acceptors (Lipinski definition) is 15. The number of thiophene rings is 2. The van der Waals surface area contributed by atoms with Gasteiger partial charge in [-0.1, -0.05) is 120 Å². The number of aromatic amines is 1. The van der Waals surface area contributed by atoms with Crippen molar-refractivity contribution in [3.05, 3.63) is 212 Å². The summed E-state index contributed by atoms with van der Waals surface area (Å²) in [5, 5.41) is 63.7. The summed E-state index contributed by atoms with van der Waals surface area (Å²) in [4.78, 5) is 23.8. The van der Waals surface area contributed by atoms with Crippen LogP contribution in [0.15, 0.2) is 146 Å². The molecule has 0 unspecified atom stereocenters. The van der Waals surface area contributed by atoms with E-state index in [0.29, 0.717) is 49.5 Å². The van der Waals surface area contributed by atoms with Crippen molar-refractivity contribution in [2.24, 2.45) is 0 Å². The van der Waals surface area contributed by atoms with Gasteiger partial charge in [-0.2, -0.15) is 52.7 Å². The van der Waals surface area contributed by atoms with Gasteiger partial charge in [0.1, 0.15) is 92.8 Å². The number of nitrogens with one attached hydrogen (secondary N) is 4. The molecule has 0 aliphatic carbocycles. The van der Waals surface area contributed by atoms with E-state index in [4.69, 9.17) is 67.5 Å². The first kappa shape index (κ1) is 93.4. The zero-order chi connectivity index (χ0) is 84.3. The van der Waals surface area contributed by atoms with E-state index in [1.165, 1.54) is 40.5 Å². The van der Waals surface area contributed by atoms with E-state index in [-0.39, 0.29) is 46.8 Å². The van der Waals surface area contributed by atoms with Crippen LogP contribution in [0.25, 0.3) is 74.9 Å². The van der Waals surface area contributed by atoms with Gasteiger partial charge in [0.25, 0.3) is 3.25 Å². The number of hydrogen-bond donors (Lipinski definition) is 4. The predicted molar refractivity (Wildman–Crippen MR) is 470 cm³/mol. The Balaban J connectivity index is 0.000000183. The normalized spacial score (nSPS) is 13.1. The second-order valence-electron chi connectivity index (χ2n) is 27.6. The van der Waals surface area contributed by atoms with Gasteiger partial charge in [-0.15, -0.1) is 22.7 Å². The van der Waals surface area contributed by atoms with Crippen LogP contribution < -0.4 is 45.5 Å². The summed E-state index contributed by atoms with van der Waals surface area (Å²) in [6, 6.07) is 55.6. The van der Waals surface area contributed by atoms with Gasteiger partial charge in [-0.3, -0.25) is 4.90 Å². The average Bonchev–Trinajstić information content (AvgIpc) is 1.67. The Bertz CT molecular complexity index is 5900. The summed E-state index contributed by atoms with van der Waals surface area (Å²) in [7, 11) is 0. The van der Waals surface area contributed by atoms with Crippen LogP contribution >= 0.6 is 101 Å². The molecule has 610 valence electrons. The molecule has 9 aromatic heterocycles. The molecule has 16 rings (SSSR count). The van der Waals surface area contributed by atoms with Crippen LogP contribution in [-0.2, 0) is 56.2 Å². The van der Waals surface area contributed by atoms with Crippen molar-refractivity contribution in [2.45, 2.75) is 151 Å². The maximum atomic E-state index is 12.8. The van der Waals surface area contributed by atoms with Crippen LogP contribution in [0.4, 0.5) is 38.0 Å². The van der Waals surface area contributed by atoms with Gasteiger partial charge >= 0.3 is 41.9 Å². The number of rotatable bonds is 14. The van der Waals surface area contributed by atoms with Crippen LogP contribution in [0.5, 0.6) is 0 Å². The fourth-order valence-corrected chi connectivity index (χ4v) is 16.9. The molecule has 118 heavy (non-hydrogen) atoms. The number of piperidine rings is 2. The summed E-state index contributed by atoms with van der Waals surface area (Å²) in [6.45, 7) is 20.1.